The van der Waals surface area contributed by atoms with Crippen molar-refractivity contribution in [2.75, 3.05) is 26.2 Å². The number of rotatable bonds is 3. The number of carboxylic acids is 1. The molecule has 2 saturated heterocycles. The van der Waals surface area contributed by atoms with Crippen LogP contribution in [-0.2, 0) is 6.54 Å². The zero-order valence-corrected chi connectivity index (χ0v) is 11.8. The van der Waals surface area contributed by atoms with Crippen molar-refractivity contribution >= 4 is 5.97 Å². The topological polar surface area (TPSA) is 43.8 Å². The van der Waals surface area contributed by atoms with Gasteiger partial charge in [-0.1, -0.05) is 18.6 Å². The Morgan fingerprint density at radius 1 is 1.25 bits per heavy atom. The smallest absolute Gasteiger partial charge is 0.335 e. The molecule has 0 amide bonds. The van der Waals surface area contributed by atoms with E-state index in [1.807, 2.05) is 12.1 Å². The standard InChI is InChI=1S/C16H22N2O2/c19-16(20)14-5-3-4-13(10-14)11-17-8-9-18-7-2-1-6-15(18)12-17/h3-5,10,15H,1-2,6-9,11-12H2,(H,19,20). The van der Waals surface area contributed by atoms with E-state index in [0.29, 0.717) is 11.6 Å². The van der Waals surface area contributed by atoms with Gasteiger partial charge >= 0.3 is 5.97 Å². The van der Waals surface area contributed by atoms with E-state index >= 15 is 0 Å². The van der Waals surface area contributed by atoms with Crippen LogP contribution in [0.5, 0.6) is 0 Å². The second kappa shape index (κ2) is 5.94. The van der Waals surface area contributed by atoms with E-state index in [-0.39, 0.29) is 0 Å². The summed E-state index contributed by atoms with van der Waals surface area (Å²) in [6.07, 6.45) is 4.01. The van der Waals surface area contributed by atoms with Crippen molar-refractivity contribution in [3.05, 3.63) is 35.4 Å². The normalized spacial score (nSPS) is 24.3. The quantitative estimate of drug-likeness (QED) is 0.916. The summed E-state index contributed by atoms with van der Waals surface area (Å²) in [5.41, 5.74) is 1.49. The van der Waals surface area contributed by atoms with Crippen LogP contribution < -0.4 is 0 Å². The fourth-order valence-electron chi connectivity index (χ4n) is 3.42. The molecular weight excluding hydrogens is 252 g/mol. The number of piperidine rings is 1. The van der Waals surface area contributed by atoms with Crippen molar-refractivity contribution in [2.24, 2.45) is 0 Å². The summed E-state index contributed by atoms with van der Waals surface area (Å²) in [6, 6.07) is 8.04. The summed E-state index contributed by atoms with van der Waals surface area (Å²) in [5.74, 6) is -0.844. The van der Waals surface area contributed by atoms with Gasteiger partial charge in [0, 0.05) is 32.2 Å². The zero-order chi connectivity index (χ0) is 13.9. The number of benzene rings is 1. The molecule has 1 aromatic carbocycles. The summed E-state index contributed by atoms with van der Waals surface area (Å²) in [5, 5.41) is 9.05. The summed E-state index contributed by atoms with van der Waals surface area (Å²) in [6.45, 7) is 5.49. The van der Waals surface area contributed by atoms with Crippen molar-refractivity contribution in [2.45, 2.75) is 31.8 Å². The summed E-state index contributed by atoms with van der Waals surface area (Å²) in [4.78, 5) is 16.1. The monoisotopic (exact) mass is 274 g/mol. The van der Waals surface area contributed by atoms with E-state index in [1.165, 1.54) is 25.8 Å². The van der Waals surface area contributed by atoms with Crippen LogP contribution in [0.15, 0.2) is 24.3 Å². The van der Waals surface area contributed by atoms with Crippen LogP contribution >= 0.6 is 0 Å². The molecule has 2 aliphatic heterocycles. The van der Waals surface area contributed by atoms with Crippen LogP contribution in [0.3, 0.4) is 0 Å². The Bertz CT molecular complexity index is 489. The highest BCUT2D eigenvalue weighted by Crippen LogP contribution is 2.22. The van der Waals surface area contributed by atoms with Crippen LogP contribution in [0.1, 0.15) is 35.2 Å². The summed E-state index contributed by atoms with van der Waals surface area (Å²) < 4.78 is 0. The van der Waals surface area contributed by atoms with Gasteiger partial charge in [-0.3, -0.25) is 9.80 Å². The number of carboxylic acid groups (broad SMARTS) is 1. The maximum Gasteiger partial charge on any atom is 0.335 e. The minimum absolute atomic E-state index is 0.388. The third kappa shape index (κ3) is 3.02. The molecule has 1 atom stereocenters. The first-order valence-electron chi connectivity index (χ1n) is 7.51. The molecule has 2 aliphatic rings. The number of carbonyl (C=O) groups is 1. The molecule has 0 saturated carbocycles. The molecule has 0 aliphatic carbocycles. The lowest BCUT2D eigenvalue weighted by Crippen LogP contribution is -2.54. The van der Waals surface area contributed by atoms with Gasteiger partial charge in [0.15, 0.2) is 0 Å². The molecule has 1 aromatic rings. The molecule has 0 spiro atoms. The molecule has 20 heavy (non-hydrogen) atoms. The van der Waals surface area contributed by atoms with Gasteiger partial charge < -0.3 is 5.11 Å². The minimum atomic E-state index is -0.844. The summed E-state index contributed by atoms with van der Waals surface area (Å²) >= 11 is 0. The van der Waals surface area contributed by atoms with E-state index in [9.17, 15) is 4.79 Å². The molecule has 4 heteroatoms. The van der Waals surface area contributed by atoms with E-state index in [2.05, 4.69) is 9.80 Å². The Morgan fingerprint density at radius 3 is 3.00 bits per heavy atom. The third-order valence-corrected chi connectivity index (χ3v) is 4.50. The number of hydrogen-bond acceptors (Lipinski definition) is 3. The third-order valence-electron chi connectivity index (χ3n) is 4.50. The van der Waals surface area contributed by atoms with E-state index < -0.39 is 5.97 Å². The SMILES string of the molecule is O=C(O)c1cccc(CN2CCN3CCCCC3C2)c1. The van der Waals surface area contributed by atoms with Gasteiger partial charge in [0.1, 0.15) is 0 Å². The van der Waals surface area contributed by atoms with E-state index in [1.54, 1.807) is 12.1 Å². The van der Waals surface area contributed by atoms with E-state index in [4.69, 9.17) is 5.11 Å². The maximum atomic E-state index is 11.0. The molecule has 4 nitrogen and oxygen atoms in total. The van der Waals surface area contributed by atoms with Crippen LogP contribution in [0, 0.1) is 0 Å². The Morgan fingerprint density at radius 2 is 2.15 bits per heavy atom. The lowest BCUT2D eigenvalue weighted by Gasteiger charge is -2.44. The number of nitrogens with zero attached hydrogens (tertiary/aromatic N) is 2. The van der Waals surface area contributed by atoms with Crippen molar-refractivity contribution in [1.29, 1.82) is 0 Å². The molecule has 2 fully saturated rings. The Balaban J connectivity index is 1.63. The van der Waals surface area contributed by atoms with Gasteiger partial charge in [-0.15, -0.1) is 0 Å². The highest BCUT2D eigenvalue weighted by atomic mass is 16.4. The van der Waals surface area contributed by atoms with Crippen LogP contribution in [0.25, 0.3) is 0 Å². The largest absolute Gasteiger partial charge is 0.478 e. The molecule has 0 bridgehead atoms. The second-order valence-electron chi connectivity index (χ2n) is 5.93. The van der Waals surface area contributed by atoms with Crippen LogP contribution in [0.2, 0.25) is 0 Å². The molecular formula is C16H22N2O2. The number of aromatic carboxylic acids is 1. The molecule has 1 unspecified atom stereocenters. The van der Waals surface area contributed by atoms with Gasteiger partial charge in [0.05, 0.1) is 5.56 Å². The lowest BCUT2D eigenvalue weighted by atomic mass is 9.99. The fraction of sp³-hybridized carbons (Fsp3) is 0.562. The van der Waals surface area contributed by atoms with Gasteiger partial charge in [0.2, 0.25) is 0 Å². The lowest BCUT2D eigenvalue weighted by molar-refractivity contribution is 0.0456. The molecule has 108 valence electrons. The Hall–Kier alpha value is -1.39. The van der Waals surface area contributed by atoms with E-state index in [0.717, 1.165) is 31.7 Å². The first-order chi connectivity index (χ1) is 9.72. The second-order valence-corrected chi connectivity index (χ2v) is 5.93. The van der Waals surface area contributed by atoms with Crippen LogP contribution in [-0.4, -0.2) is 53.1 Å². The van der Waals surface area contributed by atoms with Gasteiger partial charge in [-0.25, -0.2) is 4.79 Å². The number of piperazine rings is 1. The van der Waals surface area contributed by atoms with Gasteiger partial charge in [-0.2, -0.15) is 0 Å². The highest BCUT2D eigenvalue weighted by molar-refractivity contribution is 5.87. The van der Waals surface area contributed by atoms with Crippen molar-refractivity contribution in [3.63, 3.8) is 0 Å². The van der Waals surface area contributed by atoms with Crippen molar-refractivity contribution < 1.29 is 9.90 Å². The first kappa shape index (κ1) is 13.6. The molecule has 0 radical (unpaired) electrons. The average molecular weight is 274 g/mol. The predicted octanol–water partition coefficient (Wildman–Crippen LogP) is 2.05. The van der Waals surface area contributed by atoms with Gasteiger partial charge in [-0.05, 0) is 37.1 Å². The van der Waals surface area contributed by atoms with Gasteiger partial charge in [0.25, 0.3) is 0 Å². The predicted molar refractivity (Wildman–Crippen MR) is 77.9 cm³/mol. The molecule has 1 N–H and O–H groups in total. The average Bonchev–Trinajstić information content (AvgIpc) is 2.47. The summed E-state index contributed by atoms with van der Waals surface area (Å²) in [7, 11) is 0. The zero-order valence-electron chi connectivity index (χ0n) is 11.8. The Labute approximate surface area is 120 Å². The highest BCUT2D eigenvalue weighted by Gasteiger charge is 2.28. The first-order valence-corrected chi connectivity index (χ1v) is 7.51. The van der Waals surface area contributed by atoms with Crippen molar-refractivity contribution in [3.8, 4) is 0 Å². The molecule has 0 aromatic heterocycles. The maximum absolute atomic E-state index is 11.0. The fourth-order valence-corrected chi connectivity index (χ4v) is 3.42. The number of hydrogen-bond donors (Lipinski definition) is 1. The minimum Gasteiger partial charge on any atom is -0.478 e. The number of fused-ring (bicyclic) bond motifs is 1. The van der Waals surface area contributed by atoms with Crippen molar-refractivity contribution in [1.82, 2.24) is 9.80 Å². The Kier molecular flexibility index (Phi) is 4.03. The molecule has 3 rings (SSSR count). The van der Waals surface area contributed by atoms with Crippen LogP contribution in [0.4, 0.5) is 0 Å². The molecule has 2 heterocycles.